The number of hydrogen-bond acceptors (Lipinski definition) is 4. The van der Waals surface area contributed by atoms with Gasteiger partial charge in [0.1, 0.15) is 11.3 Å². The molecule has 1 spiro atoms. The largest absolute Gasteiger partial charge is 0.497 e. The average Bonchev–Trinajstić information content (AvgIpc) is 3.47. The Morgan fingerprint density at radius 1 is 1.19 bits per heavy atom. The topological polar surface area (TPSA) is 50.6 Å². The van der Waals surface area contributed by atoms with Crippen LogP contribution in [0.4, 0.5) is 5.69 Å². The van der Waals surface area contributed by atoms with E-state index in [-0.39, 0.29) is 11.4 Å². The number of pyridine rings is 1. The Bertz CT molecular complexity index is 1140. The molecule has 1 amide bonds. The summed E-state index contributed by atoms with van der Waals surface area (Å²) in [6.07, 6.45) is 5.92. The number of aromatic nitrogens is 2. The maximum atomic E-state index is 13.4. The molecule has 1 saturated heterocycles. The first-order valence-electron chi connectivity index (χ1n) is 11.4. The summed E-state index contributed by atoms with van der Waals surface area (Å²) in [5, 5.41) is 0. The Hall–Kier alpha value is -3.28. The standard InChI is InChI=1S/C26H30N4O2/c1-19(2)11-15-30-22-9-5-13-27-24(22)29-14-6-10-23(29)26(30)12-16-28(18-26)25(31)20-7-4-8-21(17-20)32-3/h4-10,13-14,17,19H,11-12,15-16,18H2,1-3H3/t26-/m1/s1. The lowest BCUT2D eigenvalue weighted by Crippen LogP contribution is -2.53. The molecule has 0 bridgehead atoms. The lowest BCUT2D eigenvalue weighted by molar-refractivity contribution is 0.0781. The molecule has 4 heterocycles. The molecular weight excluding hydrogens is 400 g/mol. The number of anilines is 1. The minimum atomic E-state index is -0.261. The van der Waals surface area contributed by atoms with Gasteiger partial charge in [0.2, 0.25) is 0 Å². The third kappa shape index (κ3) is 3.25. The van der Waals surface area contributed by atoms with E-state index in [9.17, 15) is 4.79 Å². The second-order valence-corrected chi connectivity index (χ2v) is 9.18. The molecule has 166 valence electrons. The Morgan fingerprint density at radius 2 is 2.06 bits per heavy atom. The second kappa shape index (κ2) is 8.01. The van der Waals surface area contributed by atoms with Gasteiger partial charge >= 0.3 is 0 Å². The molecule has 6 nitrogen and oxygen atoms in total. The zero-order chi connectivity index (χ0) is 22.3. The zero-order valence-electron chi connectivity index (χ0n) is 19.0. The minimum absolute atomic E-state index is 0.0553. The van der Waals surface area contributed by atoms with Crippen molar-refractivity contribution in [3.05, 3.63) is 72.2 Å². The van der Waals surface area contributed by atoms with Crippen molar-refractivity contribution in [2.45, 2.75) is 32.2 Å². The first-order valence-corrected chi connectivity index (χ1v) is 11.4. The number of methoxy groups -OCH3 is 1. The third-order valence-electron chi connectivity index (χ3n) is 6.81. The minimum Gasteiger partial charge on any atom is -0.497 e. The highest BCUT2D eigenvalue weighted by molar-refractivity contribution is 5.95. The van der Waals surface area contributed by atoms with Crippen molar-refractivity contribution < 1.29 is 9.53 Å². The molecule has 2 aliphatic rings. The van der Waals surface area contributed by atoms with Gasteiger partial charge in [-0.3, -0.25) is 4.79 Å². The summed E-state index contributed by atoms with van der Waals surface area (Å²) in [4.78, 5) is 22.7. The molecule has 0 N–H and O–H groups in total. The lowest BCUT2D eigenvalue weighted by Gasteiger charge is -2.47. The molecule has 0 saturated carbocycles. The molecule has 2 aromatic heterocycles. The van der Waals surface area contributed by atoms with E-state index in [0.717, 1.165) is 37.4 Å². The molecule has 1 aromatic carbocycles. The number of benzene rings is 1. The van der Waals surface area contributed by atoms with Gasteiger partial charge in [-0.25, -0.2) is 4.98 Å². The molecule has 1 atom stereocenters. The highest BCUT2D eigenvalue weighted by Gasteiger charge is 2.50. The third-order valence-corrected chi connectivity index (χ3v) is 6.81. The molecule has 3 aromatic rings. The number of hydrogen-bond donors (Lipinski definition) is 0. The van der Waals surface area contributed by atoms with Gasteiger partial charge in [0.15, 0.2) is 5.82 Å². The fourth-order valence-corrected chi connectivity index (χ4v) is 5.16. The van der Waals surface area contributed by atoms with Crippen LogP contribution in [-0.4, -0.2) is 47.1 Å². The predicted octanol–water partition coefficient (Wildman–Crippen LogP) is 4.49. The van der Waals surface area contributed by atoms with Crippen LogP contribution < -0.4 is 9.64 Å². The predicted molar refractivity (Wildman–Crippen MR) is 126 cm³/mol. The number of likely N-dealkylation sites (tertiary alicyclic amines) is 1. The van der Waals surface area contributed by atoms with Crippen molar-refractivity contribution in [3.8, 4) is 11.6 Å². The molecule has 32 heavy (non-hydrogen) atoms. The van der Waals surface area contributed by atoms with E-state index in [2.05, 4.69) is 47.7 Å². The first-order chi connectivity index (χ1) is 15.5. The van der Waals surface area contributed by atoms with Crippen LogP contribution in [0.2, 0.25) is 0 Å². The number of fused-ring (bicyclic) bond motifs is 4. The fraction of sp³-hybridized carbons (Fsp3) is 0.385. The molecule has 0 radical (unpaired) electrons. The number of amides is 1. The molecule has 2 aliphatic heterocycles. The highest BCUT2D eigenvalue weighted by Crippen LogP contribution is 2.47. The van der Waals surface area contributed by atoms with Gasteiger partial charge in [-0.05, 0) is 61.2 Å². The van der Waals surface area contributed by atoms with E-state index in [1.165, 1.54) is 5.69 Å². The van der Waals surface area contributed by atoms with E-state index in [4.69, 9.17) is 9.72 Å². The van der Waals surface area contributed by atoms with Gasteiger partial charge < -0.3 is 19.1 Å². The van der Waals surface area contributed by atoms with Crippen molar-refractivity contribution >= 4 is 11.6 Å². The fourth-order valence-electron chi connectivity index (χ4n) is 5.16. The van der Waals surface area contributed by atoms with Crippen LogP contribution in [0.15, 0.2) is 60.9 Å². The number of rotatable bonds is 5. The average molecular weight is 431 g/mol. The van der Waals surface area contributed by atoms with Gasteiger partial charge in [0, 0.05) is 37.6 Å². The summed E-state index contributed by atoms with van der Waals surface area (Å²) in [5.74, 6) is 2.32. The second-order valence-electron chi connectivity index (χ2n) is 9.18. The summed E-state index contributed by atoms with van der Waals surface area (Å²) in [6.45, 7) is 6.82. The Kier molecular flexibility index (Phi) is 5.16. The summed E-state index contributed by atoms with van der Waals surface area (Å²) in [7, 11) is 1.63. The van der Waals surface area contributed by atoms with Gasteiger partial charge in [0.05, 0.1) is 18.5 Å². The number of nitrogens with zero attached hydrogens (tertiary/aromatic N) is 4. The van der Waals surface area contributed by atoms with Crippen LogP contribution in [0.3, 0.4) is 0 Å². The first kappa shape index (κ1) is 20.6. The van der Waals surface area contributed by atoms with Crippen LogP contribution in [0.25, 0.3) is 5.82 Å². The van der Waals surface area contributed by atoms with E-state index >= 15 is 0 Å². The van der Waals surface area contributed by atoms with Crippen LogP contribution in [-0.2, 0) is 5.54 Å². The van der Waals surface area contributed by atoms with E-state index in [1.807, 2.05) is 41.4 Å². The quantitative estimate of drug-likeness (QED) is 0.599. The van der Waals surface area contributed by atoms with Gasteiger partial charge in [0.25, 0.3) is 5.91 Å². The number of carbonyl (C=O) groups excluding carboxylic acids is 1. The summed E-state index contributed by atoms with van der Waals surface area (Å²) >= 11 is 0. The van der Waals surface area contributed by atoms with Crippen molar-refractivity contribution in [1.29, 1.82) is 0 Å². The van der Waals surface area contributed by atoms with E-state index in [0.29, 0.717) is 23.8 Å². The lowest BCUT2D eigenvalue weighted by atomic mass is 9.88. The Labute approximate surface area is 189 Å². The monoisotopic (exact) mass is 430 g/mol. The maximum absolute atomic E-state index is 13.4. The van der Waals surface area contributed by atoms with E-state index < -0.39 is 0 Å². The summed E-state index contributed by atoms with van der Waals surface area (Å²) in [6, 6.07) is 15.9. The number of ether oxygens (including phenoxy) is 1. The van der Waals surface area contributed by atoms with Crippen molar-refractivity contribution in [2.75, 3.05) is 31.6 Å². The normalized spacial score (nSPS) is 19.4. The molecule has 6 heteroatoms. The van der Waals surface area contributed by atoms with Gasteiger partial charge in [-0.1, -0.05) is 19.9 Å². The molecular formula is C26H30N4O2. The molecule has 1 fully saturated rings. The highest BCUT2D eigenvalue weighted by atomic mass is 16.5. The van der Waals surface area contributed by atoms with E-state index in [1.54, 1.807) is 7.11 Å². The van der Waals surface area contributed by atoms with Crippen LogP contribution in [0.5, 0.6) is 5.75 Å². The maximum Gasteiger partial charge on any atom is 0.254 e. The van der Waals surface area contributed by atoms with Gasteiger partial charge in [-0.2, -0.15) is 0 Å². The van der Waals surface area contributed by atoms with Crippen LogP contribution in [0.1, 0.15) is 42.7 Å². The molecule has 5 rings (SSSR count). The van der Waals surface area contributed by atoms with Crippen LogP contribution in [0, 0.1) is 5.92 Å². The van der Waals surface area contributed by atoms with Crippen molar-refractivity contribution in [3.63, 3.8) is 0 Å². The van der Waals surface area contributed by atoms with Crippen molar-refractivity contribution in [2.24, 2.45) is 5.92 Å². The van der Waals surface area contributed by atoms with Crippen LogP contribution >= 0.6 is 0 Å². The summed E-state index contributed by atoms with van der Waals surface area (Å²) < 4.78 is 7.54. The molecule has 0 unspecified atom stereocenters. The molecule has 0 aliphatic carbocycles. The number of carbonyl (C=O) groups is 1. The summed E-state index contributed by atoms with van der Waals surface area (Å²) in [5.41, 5.74) is 2.77. The Morgan fingerprint density at radius 3 is 2.88 bits per heavy atom. The zero-order valence-corrected chi connectivity index (χ0v) is 19.0. The van der Waals surface area contributed by atoms with Crippen molar-refractivity contribution in [1.82, 2.24) is 14.5 Å². The van der Waals surface area contributed by atoms with Gasteiger partial charge in [-0.15, -0.1) is 0 Å². The SMILES string of the molecule is COc1cccc(C(=O)N2CC[C@@]3(C2)c2cccn2-c2ncccc2N3CCC(C)C)c1. The Balaban J connectivity index is 1.54. The smallest absolute Gasteiger partial charge is 0.254 e.